The fourth-order valence-corrected chi connectivity index (χ4v) is 2.25. The van der Waals surface area contributed by atoms with Gasteiger partial charge in [0.05, 0.1) is 19.3 Å². The largest absolute Gasteiger partial charge is 0.375 e. The second kappa shape index (κ2) is 9.15. The molecule has 0 aromatic heterocycles. The molecule has 0 radical (unpaired) electrons. The summed E-state index contributed by atoms with van der Waals surface area (Å²) in [6.07, 6.45) is 2.49. The Bertz CT molecular complexity index is 542. The molecule has 0 amide bonds. The van der Waals surface area contributed by atoms with Crippen LogP contribution in [0.5, 0.6) is 0 Å². The normalized spacial score (nSPS) is 12.3. The molecule has 0 aliphatic rings. The molecule has 1 atom stereocenters. The Morgan fingerprint density at radius 3 is 2.18 bits per heavy atom. The molecular weight excluding hydrogens is 274 g/mol. The van der Waals surface area contributed by atoms with Gasteiger partial charge in [-0.3, -0.25) is 0 Å². The highest BCUT2D eigenvalue weighted by Crippen LogP contribution is 2.11. The highest BCUT2D eigenvalue weighted by Gasteiger charge is 2.16. The summed E-state index contributed by atoms with van der Waals surface area (Å²) in [4.78, 5) is 0. The van der Waals surface area contributed by atoms with Gasteiger partial charge in [-0.2, -0.15) is 5.06 Å². The van der Waals surface area contributed by atoms with E-state index in [1.165, 1.54) is 5.06 Å². The maximum atomic E-state index is 10.3. The Balaban J connectivity index is 1.84. The summed E-state index contributed by atoms with van der Waals surface area (Å²) in [6, 6.07) is 19.8. The van der Waals surface area contributed by atoms with Gasteiger partial charge in [-0.1, -0.05) is 66.7 Å². The number of nitrogens with zero attached hydrogens (tertiary/aromatic N) is 1. The number of hydroxylamine groups is 2. The zero-order valence-corrected chi connectivity index (χ0v) is 12.8. The average Bonchev–Trinajstić information content (AvgIpc) is 2.56. The first-order valence-electron chi connectivity index (χ1n) is 7.51. The van der Waals surface area contributed by atoms with Crippen LogP contribution in [0.2, 0.25) is 0 Å². The molecule has 0 bridgehead atoms. The van der Waals surface area contributed by atoms with Crippen LogP contribution in [0.3, 0.4) is 0 Å². The first-order valence-corrected chi connectivity index (χ1v) is 7.51. The predicted molar refractivity (Wildman–Crippen MR) is 88.5 cm³/mol. The van der Waals surface area contributed by atoms with Gasteiger partial charge >= 0.3 is 0 Å². The first kappa shape index (κ1) is 16.4. The molecule has 2 aromatic carbocycles. The van der Waals surface area contributed by atoms with E-state index in [4.69, 9.17) is 4.74 Å². The summed E-state index contributed by atoms with van der Waals surface area (Å²) in [7, 11) is 0. The summed E-state index contributed by atoms with van der Waals surface area (Å²) < 4.78 is 5.74. The van der Waals surface area contributed by atoms with Crippen LogP contribution in [-0.2, 0) is 17.9 Å². The third-order valence-electron chi connectivity index (χ3n) is 3.47. The molecule has 0 saturated carbocycles. The lowest BCUT2D eigenvalue weighted by molar-refractivity contribution is -0.151. The van der Waals surface area contributed by atoms with Gasteiger partial charge in [0.1, 0.15) is 0 Å². The Morgan fingerprint density at radius 1 is 1.00 bits per heavy atom. The van der Waals surface area contributed by atoms with Crippen molar-refractivity contribution in [2.24, 2.45) is 0 Å². The summed E-state index contributed by atoms with van der Waals surface area (Å²) in [6.45, 7) is 5.25. The van der Waals surface area contributed by atoms with E-state index >= 15 is 0 Å². The van der Waals surface area contributed by atoms with Crippen molar-refractivity contribution in [3.05, 3.63) is 84.4 Å². The summed E-state index contributed by atoms with van der Waals surface area (Å²) in [5, 5.41) is 11.6. The smallest absolute Gasteiger partial charge is 0.0717 e. The van der Waals surface area contributed by atoms with E-state index in [-0.39, 0.29) is 6.04 Å². The standard InChI is InChI=1S/C19H23NO2/c1-2-9-19(16-22-15-18-12-7-4-8-13-18)20(21)14-17-10-5-3-6-11-17/h2-8,10-13,19,21H,1,9,14-16H2. The fraction of sp³-hybridized carbons (Fsp3) is 0.263. The van der Waals surface area contributed by atoms with Crippen molar-refractivity contribution in [1.82, 2.24) is 5.06 Å². The van der Waals surface area contributed by atoms with Gasteiger partial charge in [0.15, 0.2) is 0 Å². The molecule has 0 aliphatic heterocycles. The van der Waals surface area contributed by atoms with Crippen molar-refractivity contribution >= 4 is 0 Å². The molecule has 0 aliphatic carbocycles. The van der Waals surface area contributed by atoms with Crippen molar-refractivity contribution in [2.75, 3.05) is 6.61 Å². The molecule has 0 heterocycles. The molecule has 0 saturated heterocycles. The summed E-state index contributed by atoms with van der Waals surface area (Å²) >= 11 is 0. The van der Waals surface area contributed by atoms with Crippen molar-refractivity contribution in [2.45, 2.75) is 25.6 Å². The SMILES string of the molecule is C=CCC(COCc1ccccc1)N(O)Cc1ccccc1. The average molecular weight is 297 g/mol. The van der Waals surface area contributed by atoms with Gasteiger partial charge in [-0.05, 0) is 17.5 Å². The zero-order valence-electron chi connectivity index (χ0n) is 12.8. The lowest BCUT2D eigenvalue weighted by Gasteiger charge is -2.25. The quantitative estimate of drug-likeness (QED) is 0.560. The Morgan fingerprint density at radius 2 is 1.59 bits per heavy atom. The first-order chi connectivity index (χ1) is 10.8. The van der Waals surface area contributed by atoms with Gasteiger partial charge in [0.2, 0.25) is 0 Å². The topological polar surface area (TPSA) is 32.7 Å². The van der Waals surface area contributed by atoms with Gasteiger partial charge < -0.3 is 9.94 Å². The van der Waals surface area contributed by atoms with Crippen LogP contribution < -0.4 is 0 Å². The zero-order chi connectivity index (χ0) is 15.6. The highest BCUT2D eigenvalue weighted by molar-refractivity contribution is 5.14. The van der Waals surface area contributed by atoms with Gasteiger partial charge in [0, 0.05) is 6.54 Å². The second-order valence-electron chi connectivity index (χ2n) is 5.26. The number of rotatable bonds is 9. The number of benzene rings is 2. The van der Waals surface area contributed by atoms with E-state index in [0.717, 1.165) is 11.1 Å². The van der Waals surface area contributed by atoms with Crippen LogP contribution >= 0.6 is 0 Å². The Labute approximate surface area is 132 Å². The predicted octanol–water partition coefficient (Wildman–Crippen LogP) is 4.04. The van der Waals surface area contributed by atoms with Crippen molar-refractivity contribution in [1.29, 1.82) is 0 Å². The molecule has 116 valence electrons. The molecule has 1 N–H and O–H groups in total. The molecule has 3 heteroatoms. The monoisotopic (exact) mass is 297 g/mol. The van der Waals surface area contributed by atoms with Crippen LogP contribution in [0.15, 0.2) is 73.3 Å². The van der Waals surface area contributed by atoms with Gasteiger partial charge in [-0.25, -0.2) is 0 Å². The van der Waals surface area contributed by atoms with Crippen LogP contribution in [0.25, 0.3) is 0 Å². The number of hydrogen-bond acceptors (Lipinski definition) is 3. The number of ether oxygens (including phenoxy) is 1. The van der Waals surface area contributed by atoms with E-state index in [1.807, 2.05) is 66.7 Å². The molecule has 3 nitrogen and oxygen atoms in total. The highest BCUT2D eigenvalue weighted by atomic mass is 16.5. The third-order valence-corrected chi connectivity index (χ3v) is 3.47. The van der Waals surface area contributed by atoms with Crippen molar-refractivity contribution in [3.63, 3.8) is 0 Å². The molecular formula is C19H23NO2. The third kappa shape index (κ3) is 5.45. The molecule has 2 rings (SSSR count). The molecule has 0 spiro atoms. The van der Waals surface area contributed by atoms with Crippen LogP contribution in [0.4, 0.5) is 0 Å². The van der Waals surface area contributed by atoms with E-state index in [9.17, 15) is 5.21 Å². The second-order valence-corrected chi connectivity index (χ2v) is 5.26. The molecule has 22 heavy (non-hydrogen) atoms. The molecule has 2 aromatic rings. The maximum Gasteiger partial charge on any atom is 0.0717 e. The molecule has 1 unspecified atom stereocenters. The van der Waals surface area contributed by atoms with Gasteiger partial charge in [-0.15, -0.1) is 6.58 Å². The Hall–Kier alpha value is -1.94. The van der Waals surface area contributed by atoms with Crippen molar-refractivity contribution in [3.8, 4) is 0 Å². The fourth-order valence-electron chi connectivity index (χ4n) is 2.25. The van der Waals surface area contributed by atoms with Gasteiger partial charge in [0.25, 0.3) is 0 Å². The minimum absolute atomic E-state index is 0.0959. The van der Waals surface area contributed by atoms with Crippen LogP contribution in [0.1, 0.15) is 17.5 Å². The summed E-state index contributed by atoms with van der Waals surface area (Å²) in [5.74, 6) is 0. The van der Waals surface area contributed by atoms with E-state index < -0.39 is 0 Å². The molecule has 0 fully saturated rings. The minimum Gasteiger partial charge on any atom is -0.375 e. The Kier molecular flexibility index (Phi) is 6.84. The lowest BCUT2D eigenvalue weighted by atomic mass is 10.1. The summed E-state index contributed by atoms with van der Waals surface area (Å²) in [5.41, 5.74) is 2.20. The number of hydrogen-bond donors (Lipinski definition) is 1. The van der Waals surface area contributed by atoms with E-state index in [2.05, 4.69) is 6.58 Å². The van der Waals surface area contributed by atoms with Crippen LogP contribution in [-0.4, -0.2) is 22.9 Å². The van der Waals surface area contributed by atoms with E-state index in [0.29, 0.717) is 26.2 Å². The minimum atomic E-state index is -0.0959. The van der Waals surface area contributed by atoms with E-state index in [1.54, 1.807) is 0 Å². The lowest BCUT2D eigenvalue weighted by Crippen LogP contribution is -2.35. The van der Waals surface area contributed by atoms with Crippen LogP contribution in [0, 0.1) is 0 Å². The van der Waals surface area contributed by atoms with Crippen molar-refractivity contribution < 1.29 is 9.94 Å². The maximum absolute atomic E-state index is 10.3.